The SMILES string of the molecule is Cc1ccc(-c2ccc3c(c2)C(=O)N(c2ccc(-c4cc(C)c(N5C(=O)c6ccc(-c7ccc(C)cc7)cc6C5=O)cc4C)cc2)C3=O)cc1. The summed E-state index contributed by atoms with van der Waals surface area (Å²) in [6.45, 7) is 7.87. The first-order valence-corrected chi connectivity index (χ1v) is 16.5. The van der Waals surface area contributed by atoms with Gasteiger partial charge in [0.1, 0.15) is 0 Å². The van der Waals surface area contributed by atoms with Gasteiger partial charge in [-0.05, 0) is 121 Å². The van der Waals surface area contributed by atoms with Gasteiger partial charge in [-0.15, -0.1) is 0 Å². The summed E-state index contributed by atoms with van der Waals surface area (Å²) in [4.78, 5) is 56.7. The standard InChI is InChI=1S/C44H32N2O4/c1-25-5-9-29(10-6-25)32-15-19-35-38(23-32)43(49)45(41(35)47)34-17-13-31(14-18-34)37-21-28(4)40(22-27(37)3)46-42(48)36-20-16-33(24-39(36)44(46)50)30-11-7-26(2)8-12-30/h5-24H,1-4H3. The summed E-state index contributed by atoms with van der Waals surface area (Å²) in [5.74, 6) is -1.39. The molecule has 6 nitrogen and oxygen atoms in total. The zero-order valence-corrected chi connectivity index (χ0v) is 28.1. The Morgan fingerprint density at radius 1 is 0.340 bits per heavy atom. The van der Waals surface area contributed by atoms with Gasteiger partial charge in [0.25, 0.3) is 23.6 Å². The summed E-state index contributed by atoms with van der Waals surface area (Å²) < 4.78 is 0. The fourth-order valence-electron chi connectivity index (χ4n) is 6.93. The molecule has 0 fully saturated rings. The average molecular weight is 653 g/mol. The van der Waals surface area contributed by atoms with Crippen LogP contribution >= 0.6 is 0 Å². The molecule has 0 atom stereocenters. The van der Waals surface area contributed by atoms with Gasteiger partial charge in [-0.2, -0.15) is 0 Å². The number of carbonyl (C=O) groups is 4. The number of hydrogen-bond acceptors (Lipinski definition) is 4. The maximum atomic E-state index is 13.7. The minimum absolute atomic E-state index is 0.341. The van der Waals surface area contributed by atoms with Crippen LogP contribution in [0, 0.1) is 27.7 Å². The average Bonchev–Trinajstić information content (AvgIpc) is 3.52. The maximum Gasteiger partial charge on any atom is 0.266 e. The van der Waals surface area contributed by atoms with E-state index in [1.807, 2.05) is 113 Å². The first-order valence-electron chi connectivity index (χ1n) is 16.5. The van der Waals surface area contributed by atoms with Crippen molar-refractivity contribution in [2.24, 2.45) is 0 Å². The van der Waals surface area contributed by atoms with Crippen molar-refractivity contribution in [1.29, 1.82) is 0 Å². The number of anilines is 2. The second kappa shape index (κ2) is 11.6. The third kappa shape index (κ3) is 4.96. The highest BCUT2D eigenvalue weighted by Gasteiger charge is 2.39. The highest BCUT2D eigenvalue weighted by molar-refractivity contribution is 6.35. The molecule has 0 aromatic heterocycles. The Morgan fingerprint density at radius 3 is 1.28 bits per heavy atom. The predicted molar refractivity (Wildman–Crippen MR) is 197 cm³/mol. The predicted octanol–water partition coefficient (Wildman–Crippen LogP) is 9.52. The van der Waals surface area contributed by atoms with Crippen LogP contribution in [-0.4, -0.2) is 23.6 Å². The Labute approximate surface area is 290 Å². The van der Waals surface area contributed by atoms with E-state index in [0.29, 0.717) is 33.6 Å². The van der Waals surface area contributed by atoms with Crippen LogP contribution in [0.15, 0.2) is 121 Å². The molecule has 2 aliphatic heterocycles. The Bertz CT molecular complexity index is 2420. The van der Waals surface area contributed by atoms with Gasteiger partial charge in [-0.1, -0.05) is 83.9 Å². The minimum atomic E-state index is -0.352. The van der Waals surface area contributed by atoms with Crippen LogP contribution in [0.5, 0.6) is 0 Å². The Morgan fingerprint density at radius 2 is 0.760 bits per heavy atom. The zero-order valence-electron chi connectivity index (χ0n) is 28.1. The second-order valence-corrected chi connectivity index (χ2v) is 13.1. The molecule has 6 aromatic carbocycles. The summed E-state index contributed by atoms with van der Waals surface area (Å²) in [7, 11) is 0. The molecule has 242 valence electrons. The lowest BCUT2D eigenvalue weighted by Crippen LogP contribution is -2.30. The molecule has 2 heterocycles. The molecule has 6 aromatic rings. The molecule has 8 rings (SSSR count). The fraction of sp³-hybridized carbons (Fsp3) is 0.0909. The zero-order chi connectivity index (χ0) is 34.8. The number of benzene rings is 6. The third-order valence-corrected chi connectivity index (χ3v) is 9.76. The van der Waals surface area contributed by atoms with Crippen LogP contribution in [-0.2, 0) is 0 Å². The molecule has 2 aliphatic rings. The van der Waals surface area contributed by atoms with Crippen molar-refractivity contribution in [2.45, 2.75) is 27.7 Å². The van der Waals surface area contributed by atoms with Crippen LogP contribution < -0.4 is 9.80 Å². The number of fused-ring (bicyclic) bond motifs is 2. The molecular formula is C44H32N2O4. The molecular weight excluding hydrogens is 620 g/mol. The summed E-state index contributed by atoms with van der Waals surface area (Å²) in [6.07, 6.45) is 0. The van der Waals surface area contributed by atoms with Gasteiger partial charge in [0.2, 0.25) is 0 Å². The Balaban J connectivity index is 1.05. The van der Waals surface area contributed by atoms with Crippen molar-refractivity contribution in [3.63, 3.8) is 0 Å². The van der Waals surface area contributed by atoms with Crippen LogP contribution in [0.25, 0.3) is 33.4 Å². The van der Waals surface area contributed by atoms with E-state index in [1.54, 1.807) is 36.4 Å². The first-order chi connectivity index (χ1) is 24.1. The normalized spacial score (nSPS) is 13.7. The lowest BCUT2D eigenvalue weighted by atomic mass is 9.96. The molecule has 0 aliphatic carbocycles. The number of amides is 4. The van der Waals surface area contributed by atoms with E-state index in [-0.39, 0.29) is 23.6 Å². The number of aryl methyl sites for hydroxylation is 4. The van der Waals surface area contributed by atoms with Gasteiger partial charge in [-0.25, -0.2) is 9.80 Å². The van der Waals surface area contributed by atoms with Gasteiger partial charge in [0.05, 0.1) is 33.6 Å². The molecule has 50 heavy (non-hydrogen) atoms. The number of imide groups is 2. The fourth-order valence-corrected chi connectivity index (χ4v) is 6.93. The van der Waals surface area contributed by atoms with Crippen molar-refractivity contribution >= 4 is 35.0 Å². The molecule has 6 heteroatoms. The quantitative estimate of drug-likeness (QED) is 0.174. The van der Waals surface area contributed by atoms with Crippen LogP contribution in [0.3, 0.4) is 0 Å². The smallest absolute Gasteiger partial charge is 0.266 e. The number of carbonyl (C=O) groups excluding carboxylic acids is 4. The van der Waals surface area contributed by atoms with Crippen LogP contribution in [0.1, 0.15) is 63.7 Å². The summed E-state index contributed by atoms with van der Waals surface area (Å²) >= 11 is 0. The van der Waals surface area contributed by atoms with E-state index in [1.165, 1.54) is 9.80 Å². The Kier molecular flexibility index (Phi) is 7.19. The van der Waals surface area contributed by atoms with Crippen molar-refractivity contribution in [1.82, 2.24) is 0 Å². The summed E-state index contributed by atoms with van der Waals surface area (Å²) in [5.41, 5.74) is 12.0. The lowest BCUT2D eigenvalue weighted by molar-refractivity contribution is 0.0910. The van der Waals surface area contributed by atoms with Crippen molar-refractivity contribution < 1.29 is 19.2 Å². The monoisotopic (exact) mass is 652 g/mol. The van der Waals surface area contributed by atoms with Gasteiger partial charge in [0.15, 0.2) is 0 Å². The molecule has 0 saturated heterocycles. The molecule has 0 spiro atoms. The Hall–Kier alpha value is -6.40. The lowest BCUT2D eigenvalue weighted by Gasteiger charge is -2.20. The van der Waals surface area contributed by atoms with Gasteiger partial charge < -0.3 is 0 Å². The molecule has 0 N–H and O–H groups in total. The van der Waals surface area contributed by atoms with E-state index >= 15 is 0 Å². The van der Waals surface area contributed by atoms with Crippen molar-refractivity contribution in [2.75, 3.05) is 9.80 Å². The highest BCUT2D eigenvalue weighted by Crippen LogP contribution is 2.38. The molecule has 0 unspecified atom stereocenters. The van der Waals surface area contributed by atoms with E-state index in [0.717, 1.165) is 55.6 Å². The van der Waals surface area contributed by atoms with Gasteiger partial charge >= 0.3 is 0 Å². The molecule has 0 bridgehead atoms. The van der Waals surface area contributed by atoms with Gasteiger partial charge in [0, 0.05) is 0 Å². The van der Waals surface area contributed by atoms with E-state index < -0.39 is 0 Å². The van der Waals surface area contributed by atoms with Crippen LogP contribution in [0.4, 0.5) is 11.4 Å². The minimum Gasteiger partial charge on any atom is -0.268 e. The maximum absolute atomic E-state index is 13.7. The summed E-state index contributed by atoms with van der Waals surface area (Å²) in [5, 5.41) is 0. The topological polar surface area (TPSA) is 74.8 Å². The number of hydrogen-bond donors (Lipinski definition) is 0. The third-order valence-electron chi connectivity index (χ3n) is 9.76. The number of nitrogens with zero attached hydrogens (tertiary/aromatic N) is 2. The molecule has 0 radical (unpaired) electrons. The summed E-state index contributed by atoms with van der Waals surface area (Å²) in [6, 6.07) is 38.1. The molecule has 4 amide bonds. The highest BCUT2D eigenvalue weighted by atomic mass is 16.2. The second-order valence-electron chi connectivity index (χ2n) is 13.1. The largest absolute Gasteiger partial charge is 0.268 e. The van der Waals surface area contributed by atoms with Crippen molar-refractivity contribution in [3.05, 3.63) is 166 Å². The van der Waals surface area contributed by atoms with E-state index in [4.69, 9.17) is 0 Å². The van der Waals surface area contributed by atoms with Crippen LogP contribution in [0.2, 0.25) is 0 Å². The van der Waals surface area contributed by atoms with E-state index in [9.17, 15) is 19.2 Å². The first kappa shape index (κ1) is 30.9. The van der Waals surface area contributed by atoms with Gasteiger partial charge in [-0.3, -0.25) is 19.2 Å². The van der Waals surface area contributed by atoms with E-state index in [2.05, 4.69) is 0 Å². The van der Waals surface area contributed by atoms with Crippen molar-refractivity contribution in [3.8, 4) is 33.4 Å². The number of rotatable bonds is 5. The molecule has 0 saturated carbocycles.